The molecule has 0 N–H and O–H groups in total. The topological polar surface area (TPSA) is 42.8 Å². The number of aromatic nitrogens is 2. The summed E-state index contributed by atoms with van der Waals surface area (Å²) in [6.45, 7) is 4.41. The third kappa shape index (κ3) is 3.97. The van der Waals surface area contributed by atoms with Crippen LogP contribution in [0.25, 0.3) is 27.6 Å². The third-order valence-corrected chi connectivity index (χ3v) is 7.24. The van der Waals surface area contributed by atoms with E-state index in [0.29, 0.717) is 5.92 Å². The van der Waals surface area contributed by atoms with Crippen molar-refractivity contribution in [3.8, 4) is 17.3 Å². The summed E-state index contributed by atoms with van der Waals surface area (Å²) in [4.78, 5) is 10.8. The minimum atomic E-state index is 0.414. The number of pyridine rings is 1. The lowest BCUT2D eigenvalue weighted by Gasteiger charge is -2.18. The lowest BCUT2D eigenvalue weighted by Crippen LogP contribution is -2.20. The zero-order valence-electron chi connectivity index (χ0n) is 22.1. The molecule has 0 unspecified atom stereocenters. The van der Waals surface area contributed by atoms with E-state index >= 15 is 0 Å². The number of hydroxylamine groups is 1. The Morgan fingerprint density at radius 3 is 2.36 bits per heavy atom. The van der Waals surface area contributed by atoms with E-state index in [1.54, 1.807) is 5.06 Å². The number of benzene rings is 4. The number of hydrogen-bond donors (Lipinski definition) is 0. The molecule has 6 heteroatoms. The zero-order chi connectivity index (χ0) is 26.5. The molecule has 0 radical (unpaired) electrons. The third-order valence-electron chi connectivity index (χ3n) is 7.24. The second kappa shape index (κ2) is 9.19. The molecule has 1 aliphatic rings. The Hall–Kier alpha value is -4.81. The van der Waals surface area contributed by atoms with Crippen molar-refractivity contribution in [3.63, 3.8) is 0 Å². The highest BCUT2D eigenvalue weighted by Gasteiger charge is 2.26. The molecule has 192 valence electrons. The average Bonchev–Trinajstić information content (AvgIpc) is 3.48. The van der Waals surface area contributed by atoms with Crippen molar-refractivity contribution >= 4 is 38.9 Å². The molecular weight excluding hydrogens is 484 g/mol. The molecule has 0 atom stereocenters. The molecule has 0 fully saturated rings. The molecule has 0 amide bonds. The van der Waals surface area contributed by atoms with E-state index < -0.39 is 0 Å². The van der Waals surface area contributed by atoms with Gasteiger partial charge in [0, 0.05) is 36.1 Å². The SMILES string of the molecule is CC(C)c1ccnc(-n2c3ccccc3c3ccc(Oc4cccc(N5ON(C)c6ccccc65)c4)cc32)c1. The van der Waals surface area contributed by atoms with E-state index in [2.05, 4.69) is 66.9 Å². The lowest BCUT2D eigenvalue weighted by molar-refractivity contribution is 0.142. The van der Waals surface area contributed by atoms with Gasteiger partial charge < -0.3 is 4.74 Å². The van der Waals surface area contributed by atoms with Crippen LogP contribution in [-0.4, -0.2) is 16.6 Å². The van der Waals surface area contributed by atoms with Crippen molar-refractivity contribution in [1.29, 1.82) is 0 Å². The maximum absolute atomic E-state index is 6.42. The number of ether oxygens (including phenoxy) is 1. The number of rotatable bonds is 5. The first-order valence-electron chi connectivity index (χ1n) is 13.2. The summed E-state index contributed by atoms with van der Waals surface area (Å²) < 4.78 is 8.65. The fraction of sp³-hybridized carbons (Fsp3) is 0.121. The van der Waals surface area contributed by atoms with Gasteiger partial charge >= 0.3 is 0 Å². The summed E-state index contributed by atoms with van der Waals surface area (Å²) >= 11 is 0. The molecule has 3 heterocycles. The van der Waals surface area contributed by atoms with Gasteiger partial charge in [0.15, 0.2) is 0 Å². The monoisotopic (exact) mass is 512 g/mol. The smallest absolute Gasteiger partial charge is 0.137 e. The summed E-state index contributed by atoms with van der Waals surface area (Å²) in [6.07, 6.45) is 1.90. The molecule has 1 aliphatic heterocycles. The van der Waals surface area contributed by atoms with Crippen LogP contribution in [0.15, 0.2) is 109 Å². The molecule has 39 heavy (non-hydrogen) atoms. The van der Waals surface area contributed by atoms with Gasteiger partial charge in [-0.3, -0.25) is 4.57 Å². The second-order valence-electron chi connectivity index (χ2n) is 10.1. The average molecular weight is 513 g/mol. The highest BCUT2D eigenvalue weighted by molar-refractivity contribution is 6.09. The molecule has 6 nitrogen and oxygen atoms in total. The number of anilines is 3. The van der Waals surface area contributed by atoms with Crippen molar-refractivity contribution in [2.24, 2.45) is 0 Å². The predicted octanol–water partition coefficient (Wildman–Crippen LogP) is 8.53. The molecule has 0 bridgehead atoms. The van der Waals surface area contributed by atoms with E-state index in [1.807, 2.05) is 72.9 Å². The molecule has 0 saturated carbocycles. The van der Waals surface area contributed by atoms with Gasteiger partial charge in [-0.05, 0) is 66.1 Å². The van der Waals surface area contributed by atoms with Crippen molar-refractivity contribution in [3.05, 3.63) is 115 Å². The van der Waals surface area contributed by atoms with Crippen LogP contribution in [0.3, 0.4) is 0 Å². The van der Waals surface area contributed by atoms with Gasteiger partial charge in [0.25, 0.3) is 0 Å². The van der Waals surface area contributed by atoms with Gasteiger partial charge in [-0.2, -0.15) is 5.06 Å². The van der Waals surface area contributed by atoms with Crippen LogP contribution in [0.2, 0.25) is 0 Å². The van der Waals surface area contributed by atoms with Crippen molar-refractivity contribution in [2.75, 3.05) is 17.2 Å². The Bertz CT molecular complexity index is 1840. The number of nitrogens with zero attached hydrogens (tertiary/aromatic N) is 4. The van der Waals surface area contributed by atoms with Crippen LogP contribution in [0.1, 0.15) is 25.3 Å². The highest BCUT2D eigenvalue weighted by atomic mass is 16.8. The van der Waals surface area contributed by atoms with Crippen LogP contribution in [-0.2, 0) is 4.94 Å². The molecule has 7 rings (SSSR count). The first-order chi connectivity index (χ1) is 19.1. The largest absolute Gasteiger partial charge is 0.457 e. The molecule has 0 aliphatic carbocycles. The van der Waals surface area contributed by atoms with Gasteiger partial charge in [0.05, 0.1) is 28.1 Å². The van der Waals surface area contributed by atoms with Crippen molar-refractivity contribution < 1.29 is 9.68 Å². The van der Waals surface area contributed by atoms with Crippen LogP contribution in [0, 0.1) is 0 Å². The summed E-state index contributed by atoms with van der Waals surface area (Å²) in [7, 11) is 1.90. The molecule has 4 aromatic carbocycles. The molecule has 0 saturated heterocycles. The minimum Gasteiger partial charge on any atom is -0.457 e. The Morgan fingerprint density at radius 1 is 0.718 bits per heavy atom. The quantitative estimate of drug-likeness (QED) is 0.232. The van der Waals surface area contributed by atoms with Crippen LogP contribution in [0.5, 0.6) is 11.5 Å². The van der Waals surface area contributed by atoms with Gasteiger partial charge in [0.1, 0.15) is 17.3 Å². The number of hydrogen-bond acceptors (Lipinski definition) is 5. The Morgan fingerprint density at radius 2 is 1.49 bits per heavy atom. The maximum Gasteiger partial charge on any atom is 0.137 e. The summed E-state index contributed by atoms with van der Waals surface area (Å²) in [5.74, 6) is 2.80. The molecule has 2 aromatic heterocycles. The van der Waals surface area contributed by atoms with Gasteiger partial charge in [-0.1, -0.05) is 50.2 Å². The fourth-order valence-electron chi connectivity index (χ4n) is 5.28. The molecule has 6 aromatic rings. The second-order valence-corrected chi connectivity index (χ2v) is 10.1. The summed E-state index contributed by atoms with van der Waals surface area (Å²) in [5, 5.41) is 5.93. The zero-order valence-corrected chi connectivity index (χ0v) is 22.1. The number of para-hydroxylation sites is 3. The van der Waals surface area contributed by atoms with E-state index in [4.69, 9.17) is 14.7 Å². The van der Waals surface area contributed by atoms with Gasteiger partial charge in [-0.15, -0.1) is 4.94 Å². The summed E-state index contributed by atoms with van der Waals surface area (Å²) in [5.41, 5.74) is 6.31. The first kappa shape index (κ1) is 23.3. The van der Waals surface area contributed by atoms with E-state index in [0.717, 1.165) is 50.8 Å². The van der Waals surface area contributed by atoms with Crippen LogP contribution < -0.4 is 14.9 Å². The van der Waals surface area contributed by atoms with Crippen LogP contribution >= 0.6 is 0 Å². The van der Waals surface area contributed by atoms with E-state index in [9.17, 15) is 0 Å². The van der Waals surface area contributed by atoms with E-state index in [-0.39, 0.29) is 0 Å². The Labute approximate surface area is 227 Å². The van der Waals surface area contributed by atoms with Crippen molar-refractivity contribution in [1.82, 2.24) is 9.55 Å². The maximum atomic E-state index is 6.42. The first-order valence-corrected chi connectivity index (χ1v) is 13.2. The summed E-state index contributed by atoms with van der Waals surface area (Å²) in [6, 6.07) is 35.0. The lowest BCUT2D eigenvalue weighted by atomic mass is 10.1. The van der Waals surface area contributed by atoms with Gasteiger partial charge in [-0.25, -0.2) is 10.0 Å². The Kier molecular flexibility index (Phi) is 5.49. The van der Waals surface area contributed by atoms with Crippen LogP contribution in [0.4, 0.5) is 17.1 Å². The standard InChI is InChI=1S/C33H28N4O2/c1-22(2)23-17-18-34-33(19-23)36-29-12-5-4-11-27(29)28-16-15-26(21-32(28)36)38-25-10-8-9-24(20-25)37-31-14-7-6-13-30(31)35(3)39-37/h4-22H,1-3H3. The Balaban J connectivity index is 1.29. The molecular formula is C33H28N4O2. The van der Waals surface area contributed by atoms with Crippen molar-refractivity contribution in [2.45, 2.75) is 19.8 Å². The highest BCUT2D eigenvalue weighted by Crippen LogP contribution is 2.42. The molecule has 0 spiro atoms. The van der Waals surface area contributed by atoms with Gasteiger partial charge in [0.2, 0.25) is 0 Å². The minimum absolute atomic E-state index is 0.414. The van der Waals surface area contributed by atoms with E-state index in [1.165, 1.54) is 10.9 Å². The predicted molar refractivity (Wildman–Crippen MR) is 157 cm³/mol. The normalized spacial score (nSPS) is 13.0. The number of fused-ring (bicyclic) bond motifs is 4. The fourth-order valence-corrected chi connectivity index (χ4v) is 5.28.